The Morgan fingerprint density at radius 3 is 1.60 bits per heavy atom. The van der Waals surface area contributed by atoms with Gasteiger partial charge in [-0.3, -0.25) is 9.79 Å². The van der Waals surface area contributed by atoms with Crippen molar-refractivity contribution < 1.29 is 19.1 Å². The van der Waals surface area contributed by atoms with Crippen LogP contribution in [-0.4, -0.2) is 34.9 Å². The maximum Gasteiger partial charge on any atom is 0.332 e. The summed E-state index contributed by atoms with van der Waals surface area (Å²) >= 11 is 0. The molecule has 0 aliphatic heterocycles. The summed E-state index contributed by atoms with van der Waals surface area (Å²) in [6.07, 6.45) is -0.199. The third-order valence-corrected chi connectivity index (χ3v) is 3.84. The molecule has 2 aromatic carbocycles. The Morgan fingerprint density at radius 1 is 0.767 bits per heavy atom. The molecule has 0 amide bonds. The summed E-state index contributed by atoms with van der Waals surface area (Å²) in [6.45, 7) is 10.7. The smallest absolute Gasteiger partial charge is 0.332 e. The average molecular weight is 410 g/mol. The second-order valence-electron chi connectivity index (χ2n) is 9.05. The lowest BCUT2D eigenvalue weighted by atomic mass is 10.0. The second-order valence-corrected chi connectivity index (χ2v) is 9.05. The van der Waals surface area contributed by atoms with Crippen molar-refractivity contribution in [1.29, 1.82) is 0 Å². The Labute approximate surface area is 179 Å². The molecular formula is C25H31NO4. The summed E-state index contributed by atoms with van der Waals surface area (Å²) in [5, 5.41) is 0. The second kappa shape index (κ2) is 9.70. The van der Waals surface area contributed by atoms with Crippen molar-refractivity contribution in [2.45, 2.75) is 65.2 Å². The van der Waals surface area contributed by atoms with Crippen LogP contribution in [0.15, 0.2) is 65.7 Å². The van der Waals surface area contributed by atoms with E-state index in [1.165, 1.54) is 0 Å². The van der Waals surface area contributed by atoms with Crippen molar-refractivity contribution >= 4 is 17.7 Å². The number of carbonyl (C=O) groups excluding carboxylic acids is 2. The highest BCUT2D eigenvalue weighted by atomic mass is 16.6. The molecule has 2 aromatic rings. The zero-order chi connectivity index (χ0) is 22.4. The van der Waals surface area contributed by atoms with Gasteiger partial charge in [-0.15, -0.1) is 0 Å². The Hall–Kier alpha value is -2.95. The number of hydrogen-bond acceptors (Lipinski definition) is 5. The fraction of sp³-hybridized carbons (Fsp3) is 0.400. The number of rotatable bonds is 6. The van der Waals surface area contributed by atoms with Crippen LogP contribution < -0.4 is 0 Å². The molecule has 160 valence electrons. The maximum atomic E-state index is 12.9. The van der Waals surface area contributed by atoms with Crippen LogP contribution >= 0.6 is 0 Å². The van der Waals surface area contributed by atoms with Crippen LogP contribution in [0.2, 0.25) is 0 Å². The Balaban J connectivity index is 2.48. The molecule has 0 spiro atoms. The van der Waals surface area contributed by atoms with E-state index in [0.717, 1.165) is 11.1 Å². The first-order chi connectivity index (χ1) is 13.9. The van der Waals surface area contributed by atoms with Gasteiger partial charge < -0.3 is 9.47 Å². The number of aliphatic imine (C=N–C) groups is 1. The number of benzene rings is 2. The molecule has 0 bridgehead atoms. The summed E-state index contributed by atoms with van der Waals surface area (Å²) in [5.41, 5.74) is 0.970. The average Bonchev–Trinajstić information content (AvgIpc) is 2.63. The summed E-state index contributed by atoms with van der Waals surface area (Å²) < 4.78 is 11.0. The number of hydrogen-bond donors (Lipinski definition) is 0. The predicted molar refractivity (Wildman–Crippen MR) is 119 cm³/mol. The first-order valence-corrected chi connectivity index (χ1v) is 10.1. The summed E-state index contributed by atoms with van der Waals surface area (Å²) in [4.78, 5) is 30.1. The lowest BCUT2D eigenvalue weighted by Gasteiger charge is -2.24. The summed E-state index contributed by atoms with van der Waals surface area (Å²) in [6, 6.07) is 18.1. The molecule has 0 aromatic heterocycles. The first kappa shape index (κ1) is 23.3. The van der Waals surface area contributed by atoms with Crippen LogP contribution in [0, 0.1) is 0 Å². The van der Waals surface area contributed by atoms with Gasteiger partial charge >= 0.3 is 11.9 Å². The molecule has 0 saturated carbocycles. The normalized spacial score (nSPS) is 12.6. The van der Waals surface area contributed by atoms with E-state index in [1.807, 2.05) is 60.7 Å². The van der Waals surface area contributed by atoms with E-state index < -0.39 is 29.2 Å². The molecule has 0 fully saturated rings. The lowest BCUT2D eigenvalue weighted by molar-refractivity contribution is -0.163. The molecule has 1 atom stereocenters. The Bertz CT molecular complexity index is 833. The molecule has 0 heterocycles. The van der Waals surface area contributed by atoms with Gasteiger partial charge in [-0.2, -0.15) is 0 Å². The first-order valence-electron chi connectivity index (χ1n) is 10.1. The van der Waals surface area contributed by atoms with Gasteiger partial charge in [-0.05, 0) is 41.5 Å². The highest BCUT2D eigenvalue weighted by Gasteiger charge is 2.30. The van der Waals surface area contributed by atoms with Gasteiger partial charge in [0.05, 0.1) is 12.1 Å². The SMILES string of the molecule is CC(C)(C)OC(=O)C[C@@H](N=C(c1ccccc1)c1ccccc1)C(=O)OC(C)(C)C. The standard InChI is InChI=1S/C25H31NO4/c1-24(2,3)29-21(27)17-20(23(28)30-25(4,5)6)26-22(18-13-9-7-10-14-18)19-15-11-8-12-16-19/h7-16,20H,17H2,1-6H3/t20-/m1/s1. The molecule has 0 unspecified atom stereocenters. The van der Waals surface area contributed by atoms with Crippen molar-refractivity contribution in [3.63, 3.8) is 0 Å². The van der Waals surface area contributed by atoms with E-state index in [2.05, 4.69) is 0 Å². The van der Waals surface area contributed by atoms with Crippen molar-refractivity contribution in [1.82, 2.24) is 0 Å². The van der Waals surface area contributed by atoms with Crippen molar-refractivity contribution in [3.05, 3.63) is 71.8 Å². The monoisotopic (exact) mass is 409 g/mol. The summed E-state index contributed by atoms with van der Waals surface area (Å²) in [7, 11) is 0. The molecule has 5 heteroatoms. The minimum absolute atomic E-state index is 0.199. The number of ether oxygens (including phenoxy) is 2. The van der Waals surface area contributed by atoms with Crippen LogP contribution in [0.3, 0.4) is 0 Å². The third-order valence-electron chi connectivity index (χ3n) is 3.84. The molecule has 30 heavy (non-hydrogen) atoms. The highest BCUT2D eigenvalue weighted by molar-refractivity contribution is 6.13. The quantitative estimate of drug-likeness (QED) is 0.499. The number of nitrogens with zero attached hydrogens (tertiary/aromatic N) is 1. The Kier molecular flexibility index (Phi) is 7.54. The maximum absolute atomic E-state index is 12.9. The van der Waals surface area contributed by atoms with Crippen LogP contribution in [0.25, 0.3) is 0 Å². The van der Waals surface area contributed by atoms with E-state index in [9.17, 15) is 9.59 Å². The van der Waals surface area contributed by atoms with E-state index >= 15 is 0 Å². The summed E-state index contributed by atoms with van der Waals surface area (Å²) in [5.74, 6) is -1.06. The molecule has 0 saturated heterocycles. The van der Waals surface area contributed by atoms with Gasteiger partial charge in [0.25, 0.3) is 0 Å². The molecule has 0 aliphatic rings. The van der Waals surface area contributed by atoms with Gasteiger partial charge in [0.2, 0.25) is 0 Å². The molecule has 0 radical (unpaired) electrons. The van der Waals surface area contributed by atoms with Gasteiger partial charge in [-0.1, -0.05) is 60.7 Å². The van der Waals surface area contributed by atoms with E-state index in [0.29, 0.717) is 5.71 Å². The zero-order valence-corrected chi connectivity index (χ0v) is 18.6. The Morgan fingerprint density at radius 2 is 1.20 bits per heavy atom. The van der Waals surface area contributed by atoms with Crippen LogP contribution in [0.4, 0.5) is 0 Å². The van der Waals surface area contributed by atoms with Crippen molar-refractivity contribution in [2.75, 3.05) is 0 Å². The number of carbonyl (C=O) groups is 2. The van der Waals surface area contributed by atoms with Crippen LogP contribution in [0.1, 0.15) is 59.1 Å². The predicted octanol–water partition coefficient (Wildman–Crippen LogP) is 4.97. The van der Waals surface area contributed by atoms with E-state index in [4.69, 9.17) is 14.5 Å². The van der Waals surface area contributed by atoms with Crippen LogP contribution in [0.5, 0.6) is 0 Å². The van der Waals surface area contributed by atoms with Crippen molar-refractivity contribution in [3.8, 4) is 0 Å². The number of esters is 2. The minimum atomic E-state index is -1.02. The molecular weight excluding hydrogens is 378 g/mol. The van der Waals surface area contributed by atoms with E-state index in [-0.39, 0.29) is 6.42 Å². The van der Waals surface area contributed by atoms with Gasteiger partial charge in [0, 0.05) is 11.1 Å². The zero-order valence-electron chi connectivity index (χ0n) is 18.6. The minimum Gasteiger partial charge on any atom is -0.460 e. The molecule has 2 rings (SSSR count). The fourth-order valence-corrected chi connectivity index (χ4v) is 2.76. The largest absolute Gasteiger partial charge is 0.460 e. The topological polar surface area (TPSA) is 65.0 Å². The van der Waals surface area contributed by atoms with Crippen molar-refractivity contribution in [2.24, 2.45) is 4.99 Å². The third kappa shape index (κ3) is 7.82. The molecule has 0 aliphatic carbocycles. The fourth-order valence-electron chi connectivity index (χ4n) is 2.76. The molecule has 0 N–H and O–H groups in total. The molecule has 5 nitrogen and oxygen atoms in total. The van der Waals surface area contributed by atoms with Crippen LogP contribution in [-0.2, 0) is 19.1 Å². The van der Waals surface area contributed by atoms with Gasteiger partial charge in [0.15, 0.2) is 6.04 Å². The van der Waals surface area contributed by atoms with E-state index in [1.54, 1.807) is 41.5 Å². The highest BCUT2D eigenvalue weighted by Crippen LogP contribution is 2.18. The van der Waals surface area contributed by atoms with Gasteiger partial charge in [0.1, 0.15) is 11.2 Å². The van der Waals surface area contributed by atoms with Gasteiger partial charge in [-0.25, -0.2) is 4.79 Å². The lowest BCUT2D eigenvalue weighted by Crippen LogP contribution is -2.35.